The van der Waals surface area contributed by atoms with Crippen LogP contribution in [0, 0.1) is 0 Å². The zero-order valence-corrected chi connectivity index (χ0v) is 12.1. The summed E-state index contributed by atoms with van der Waals surface area (Å²) >= 11 is 0. The molecule has 0 fully saturated rings. The number of amides is 2. The number of nitrogens with two attached hydrogens (primary N) is 2. The summed E-state index contributed by atoms with van der Waals surface area (Å²) in [6, 6.07) is 5.07. The predicted octanol–water partition coefficient (Wildman–Crippen LogP) is 0.324. The topological polar surface area (TPSA) is 101 Å². The molecule has 0 radical (unpaired) electrons. The first-order chi connectivity index (χ1) is 9.29. The quantitative estimate of drug-likeness (QED) is 0.652. The summed E-state index contributed by atoms with van der Waals surface area (Å²) < 4.78 is 0. The van der Waals surface area contributed by atoms with Gasteiger partial charge in [0.1, 0.15) is 0 Å². The number of benzene rings is 1. The van der Waals surface area contributed by atoms with Gasteiger partial charge in [0.25, 0.3) is 0 Å². The molecule has 0 bridgehead atoms. The Labute approximate surface area is 119 Å². The van der Waals surface area contributed by atoms with Gasteiger partial charge in [0.2, 0.25) is 11.8 Å². The zero-order chi connectivity index (χ0) is 15.3. The molecule has 0 saturated carbocycles. The van der Waals surface area contributed by atoms with E-state index in [9.17, 15) is 9.59 Å². The second-order valence-electron chi connectivity index (χ2n) is 5.17. The van der Waals surface area contributed by atoms with Gasteiger partial charge in [-0.2, -0.15) is 0 Å². The van der Waals surface area contributed by atoms with Crippen molar-refractivity contribution < 1.29 is 9.59 Å². The van der Waals surface area contributed by atoms with Gasteiger partial charge < -0.3 is 16.8 Å². The fraction of sp³-hybridized carbons (Fsp3) is 0.429. The summed E-state index contributed by atoms with van der Waals surface area (Å²) in [6.45, 7) is 4.64. The maximum atomic E-state index is 11.6. The van der Waals surface area contributed by atoms with Crippen LogP contribution >= 0.6 is 0 Å². The molecule has 110 valence electrons. The number of likely N-dealkylation sites (N-methyl/N-ethyl adjacent to an activating group) is 1. The van der Waals surface area contributed by atoms with E-state index in [2.05, 4.69) is 5.32 Å². The Kier molecular flexibility index (Phi) is 5.52. The highest BCUT2D eigenvalue weighted by molar-refractivity contribution is 5.93. The van der Waals surface area contributed by atoms with E-state index < -0.39 is 5.91 Å². The minimum Gasteiger partial charge on any atom is -0.398 e. The van der Waals surface area contributed by atoms with Crippen molar-refractivity contribution in [3.05, 3.63) is 29.3 Å². The molecule has 1 rings (SSSR count). The molecule has 0 aliphatic heterocycles. The van der Waals surface area contributed by atoms with Gasteiger partial charge in [0.05, 0.1) is 6.54 Å². The van der Waals surface area contributed by atoms with Gasteiger partial charge in [0, 0.05) is 23.8 Å². The molecule has 6 nitrogen and oxygen atoms in total. The molecule has 0 aromatic heterocycles. The molecule has 0 aliphatic carbocycles. The van der Waals surface area contributed by atoms with Crippen molar-refractivity contribution in [2.24, 2.45) is 5.73 Å². The summed E-state index contributed by atoms with van der Waals surface area (Å²) in [5, 5.41) is 2.83. The van der Waals surface area contributed by atoms with Gasteiger partial charge in [-0.25, -0.2) is 0 Å². The van der Waals surface area contributed by atoms with Crippen molar-refractivity contribution in [2.45, 2.75) is 26.4 Å². The first kappa shape index (κ1) is 16.0. The number of carbonyl (C=O) groups is 2. The van der Waals surface area contributed by atoms with Crippen molar-refractivity contribution in [2.75, 3.05) is 19.3 Å². The molecule has 0 unspecified atom stereocenters. The van der Waals surface area contributed by atoms with Gasteiger partial charge in [-0.1, -0.05) is 6.07 Å². The molecule has 0 saturated heterocycles. The maximum Gasteiger partial charge on any atom is 0.248 e. The maximum absolute atomic E-state index is 11.6. The van der Waals surface area contributed by atoms with Crippen LogP contribution in [0.2, 0.25) is 0 Å². The average molecular weight is 278 g/mol. The number of nitrogens with zero attached hydrogens (tertiary/aromatic N) is 1. The Hall–Kier alpha value is -2.08. The monoisotopic (exact) mass is 278 g/mol. The van der Waals surface area contributed by atoms with Crippen molar-refractivity contribution in [3.8, 4) is 0 Å². The van der Waals surface area contributed by atoms with E-state index in [1.54, 1.807) is 18.2 Å². The average Bonchev–Trinajstić information content (AvgIpc) is 2.30. The third-order valence-corrected chi connectivity index (χ3v) is 2.73. The van der Waals surface area contributed by atoms with Crippen molar-refractivity contribution in [1.82, 2.24) is 10.2 Å². The van der Waals surface area contributed by atoms with Crippen molar-refractivity contribution in [3.63, 3.8) is 0 Å². The molecule has 20 heavy (non-hydrogen) atoms. The lowest BCUT2D eigenvalue weighted by molar-refractivity contribution is -0.122. The molecule has 5 N–H and O–H groups in total. The molecular formula is C14H22N4O2. The highest BCUT2D eigenvalue weighted by atomic mass is 16.2. The molecule has 2 amide bonds. The Bertz CT molecular complexity index is 500. The number of hydrogen-bond acceptors (Lipinski definition) is 4. The van der Waals surface area contributed by atoms with E-state index in [1.165, 1.54) is 0 Å². The number of primary amides is 1. The fourth-order valence-corrected chi connectivity index (χ4v) is 1.85. The van der Waals surface area contributed by atoms with Crippen LogP contribution in [-0.2, 0) is 11.3 Å². The minimum absolute atomic E-state index is 0.0326. The highest BCUT2D eigenvalue weighted by Crippen LogP contribution is 2.15. The molecule has 0 spiro atoms. The number of hydrogen-bond donors (Lipinski definition) is 3. The van der Waals surface area contributed by atoms with E-state index in [-0.39, 0.29) is 18.5 Å². The summed E-state index contributed by atoms with van der Waals surface area (Å²) in [6.07, 6.45) is 0. The molecule has 0 atom stereocenters. The van der Waals surface area contributed by atoms with Gasteiger partial charge in [0.15, 0.2) is 0 Å². The first-order valence-electron chi connectivity index (χ1n) is 6.45. The van der Waals surface area contributed by atoms with E-state index in [0.717, 1.165) is 5.56 Å². The van der Waals surface area contributed by atoms with E-state index >= 15 is 0 Å². The van der Waals surface area contributed by atoms with E-state index in [4.69, 9.17) is 11.5 Å². The van der Waals surface area contributed by atoms with Crippen LogP contribution in [0.1, 0.15) is 29.8 Å². The standard InChI is InChI=1S/C14H22N4O2/c1-9(2)17-13(19)8-18(3)7-11-5-4-10(14(16)20)6-12(11)15/h4-6,9H,7-8,15H2,1-3H3,(H2,16,20)(H,17,19). The smallest absolute Gasteiger partial charge is 0.248 e. The van der Waals surface area contributed by atoms with Crippen LogP contribution in [0.4, 0.5) is 5.69 Å². The van der Waals surface area contributed by atoms with Crippen LogP contribution in [0.15, 0.2) is 18.2 Å². The molecule has 0 heterocycles. The summed E-state index contributed by atoms with van der Waals surface area (Å²) in [5.74, 6) is -0.539. The molecule has 1 aromatic carbocycles. The zero-order valence-electron chi connectivity index (χ0n) is 12.1. The first-order valence-corrected chi connectivity index (χ1v) is 6.45. The van der Waals surface area contributed by atoms with Gasteiger partial charge in [-0.15, -0.1) is 0 Å². The van der Waals surface area contributed by atoms with Crippen molar-refractivity contribution >= 4 is 17.5 Å². The largest absolute Gasteiger partial charge is 0.398 e. The SMILES string of the molecule is CC(C)NC(=O)CN(C)Cc1ccc(C(N)=O)cc1N. The number of nitrogen functional groups attached to an aromatic ring is 1. The van der Waals surface area contributed by atoms with Crippen LogP contribution in [0.25, 0.3) is 0 Å². The molecular weight excluding hydrogens is 256 g/mol. The van der Waals surface area contributed by atoms with E-state index in [1.807, 2.05) is 25.8 Å². The number of carbonyl (C=O) groups excluding carboxylic acids is 2. The number of rotatable bonds is 6. The lowest BCUT2D eigenvalue weighted by atomic mass is 10.1. The van der Waals surface area contributed by atoms with Crippen LogP contribution in [0.5, 0.6) is 0 Å². The number of anilines is 1. The summed E-state index contributed by atoms with van der Waals surface area (Å²) in [7, 11) is 1.83. The fourth-order valence-electron chi connectivity index (χ4n) is 1.85. The molecule has 6 heteroatoms. The summed E-state index contributed by atoms with van der Waals surface area (Å²) in [5.41, 5.74) is 12.8. The Morgan fingerprint density at radius 3 is 2.50 bits per heavy atom. The van der Waals surface area contributed by atoms with Gasteiger partial charge in [-0.3, -0.25) is 14.5 Å². The van der Waals surface area contributed by atoms with Gasteiger partial charge >= 0.3 is 0 Å². The molecule has 1 aromatic rings. The predicted molar refractivity (Wildman–Crippen MR) is 79.0 cm³/mol. The third-order valence-electron chi connectivity index (χ3n) is 2.73. The van der Waals surface area contributed by atoms with Crippen LogP contribution < -0.4 is 16.8 Å². The second kappa shape index (κ2) is 6.91. The minimum atomic E-state index is -0.507. The Morgan fingerprint density at radius 1 is 1.35 bits per heavy atom. The normalized spacial score (nSPS) is 10.8. The summed E-state index contributed by atoms with van der Waals surface area (Å²) in [4.78, 5) is 24.5. The Morgan fingerprint density at radius 2 is 2.00 bits per heavy atom. The number of nitrogens with one attached hydrogen (secondary N) is 1. The molecule has 0 aliphatic rings. The van der Waals surface area contributed by atoms with Crippen molar-refractivity contribution in [1.29, 1.82) is 0 Å². The Balaban J connectivity index is 2.64. The third kappa shape index (κ3) is 4.89. The van der Waals surface area contributed by atoms with Gasteiger partial charge in [-0.05, 0) is 38.6 Å². The van der Waals surface area contributed by atoms with Crippen LogP contribution in [-0.4, -0.2) is 36.3 Å². The second-order valence-corrected chi connectivity index (χ2v) is 5.17. The lowest BCUT2D eigenvalue weighted by Gasteiger charge is -2.18. The van der Waals surface area contributed by atoms with E-state index in [0.29, 0.717) is 17.8 Å². The lowest BCUT2D eigenvalue weighted by Crippen LogP contribution is -2.38. The van der Waals surface area contributed by atoms with Crippen LogP contribution in [0.3, 0.4) is 0 Å². The highest BCUT2D eigenvalue weighted by Gasteiger charge is 2.10.